The summed E-state index contributed by atoms with van der Waals surface area (Å²) in [7, 11) is 1.74. The Labute approximate surface area is 80.6 Å². The van der Waals surface area contributed by atoms with E-state index in [9.17, 15) is 0 Å². The van der Waals surface area contributed by atoms with Crippen molar-refractivity contribution in [2.24, 2.45) is 5.73 Å². The first kappa shape index (κ1) is 11.0. The maximum absolute atomic E-state index is 6.18. The molecule has 1 aliphatic heterocycles. The van der Waals surface area contributed by atoms with Crippen molar-refractivity contribution in [1.29, 1.82) is 0 Å². The molecule has 0 aromatic rings. The van der Waals surface area contributed by atoms with Crippen LogP contribution in [0.4, 0.5) is 0 Å². The summed E-state index contributed by atoms with van der Waals surface area (Å²) < 4.78 is 10.4. The van der Waals surface area contributed by atoms with Gasteiger partial charge in [0.1, 0.15) is 0 Å². The van der Waals surface area contributed by atoms with Crippen molar-refractivity contribution in [2.75, 3.05) is 26.9 Å². The first-order valence-electron chi connectivity index (χ1n) is 5.12. The quantitative estimate of drug-likeness (QED) is 0.660. The molecule has 0 radical (unpaired) electrons. The third kappa shape index (κ3) is 4.07. The Morgan fingerprint density at radius 1 is 1.46 bits per heavy atom. The topological polar surface area (TPSA) is 44.5 Å². The summed E-state index contributed by atoms with van der Waals surface area (Å²) >= 11 is 0. The van der Waals surface area contributed by atoms with Crippen LogP contribution in [0.25, 0.3) is 0 Å². The second-order valence-electron chi connectivity index (χ2n) is 3.97. The van der Waals surface area contributed by atoms with Crippen LogP contribution in [0.3, 0.4) is 0 Å². The highest BCUT2D eigenvalue weighted by molar-refractivity contribution is 4.85. The van der Waals surface area contributed by atoms with Crippen LogP contribution in [0, 0.1) is 0 Å². The Kier molecular flexibility index (Phi) is 4.70. The van der Waals surface area contributed by atoms with Crippen LogP contribution >= 0.6 is 0 Å². The first-order valence-corrected chi connectivity index (χ1v) is 5.12. The van der Waals surface area contributed by atoms with Crippen LogP contribution in [-0.4, -0.2) is 32.5 Å². The van der Waals surface area contributed by atoms with Crippen LogP contribution in [0.5, 0.6) is 0 Å². The summed E-state index contributed by atoms with van der Waals surface area (Å²) in [4.78, 5) is 0. The van der Waals surface area contributed by atoms with Crippen LogP contribution in [-0.2, 0) is 9.47 Å². The van der Waals surface area contributed by atoms with Gasteiger partial charge in [0.15, 0.2) is 0 Å². The van der Waals surface area contributed by atoms with E-state index in [0.717, 1.165) is 51.9 Å². The maximum atomic E-state index is 6.18. The lowest BCUT2D eigenvalue weighted by Crippen LogP contribution is -2.47. The van der Waals surface area contributed by atoms with Crippen LogP contribution in [0.15, 0.2) is 0 Å². The molecule has 1 saturated heterocycles. The van der Waals surface area contributed by atoms with Gasteiger partial charge in [-0.3, -0.25) is 0 Å². The number of ether oxygens (including phenoxy) is 2. The van der Waals surface area contributed by atoms with Crippen LogP contribution in [0.1, 0.15) is 32.1 Å². The van der Waals surface area contributed by atoms with E-state index >= 15 is 0 Å². The molecule has 1 atom stereocenters. The van der Waals surface area contributed by atoms with Crippen LogP contribution in [0.2, 0.25) is 0 Å². The lowest BCUT2D eigenvalue weighted by molar-refractivity contribution is 0.0326. The van der Waals surface area contributed by atoms with Gasteiger partial charge in [0.25, 0.3) is 0 Å². The van der Waals surface area contributed by atoms with Crippen molar-refractivity contribution in [3.05, 3.63) is 0 Å². The number of nitrogens with two attached hydrogens (primary N) is 1. The predicted octanol–water partition coefficient (Wildman–Crippen LogP) is 1.31. The Morgan fingerprint density at radius 3 is 2.92 bits per heavy atom. The zero-order valence-electron chi connectivity index (χ0n) is 8.55. The van der Waals surface area contributed by atoms with Crippen molar-refractivity contribution >= 4 is 0 Å². The summed E-state index contributed by atoms with van der Waals surface area (Å²) in [6.07, 6.45) is 5.54. The van der Waals surface area contributed by atoms with E-state index in [1.165, 1.54) is 0 Å². The Bertz CT molecular complexity index is 133. The molecular formula is C10H21NO2. The van der Waals surface area contributed by atoms with Crippen molar-refractivity contribution in [3.63, 3.8) is 0 Å². The molecule has 0 spiro atoms. The molecule has 78 valence electrons. The minimum Gasteiger partial charge on any atom is -0.385 e. The van der Waals surface area contributed by atoms with Gasteiger partial charge in [-0.2, -0.15) is 0 Å². The Balaban J connectivity index is 2.10. The molecule has 0 aromatic carbocycles. The molecule has 1 fully saturated rings. The molecule has 3 nitrogen and oxygen atoms in total. The van der Waals surface area contributed by atoms with Gasteiger partial charge in [-0.15, -0.1) is 0 Å². The third-order valence-corrected chi connectivity index (χ3v) is 2.63. The second-order valence-corrected chi connectivity index (χ2v) is 3.97. The number of methoxy groups -OCH3 is 1. The average Bonchev–Trinajstić information content (AvgIpc) is 2.14. The number of hydrogen-bond donors (Lipinski definition) is 1. The number of unbranched alkanes of at least 4 members (excludes halogenated alkanes) is 1. The molecular weight excluding hydrogens is 166 g/mol. The Morgan fingerprint density at radius 2 is 2.31 bits per heavy atom. The summed E-state index contributed by atoms with van der Waals surface area (Å²) in [6, 6.07) is 0. The summed E-state index contributed by atoms with van der Waals surface area (Å²) in [5.74, 6) is 0. The van der Waals surface area contributed by atoms with Crippen molar-refractivity contribution in [2.45, 2.75) is 37.6 Å². The second kappa shape index (κ2) is 5.58. The molecule has 1 heterocycles. The van der Waals surface area contributed by atoms with Gasteiger partial charge in [0, 0.05) is 25.9 Å². The minimum atomic E-state index is -0.0496. The minimum absolute atomic E-state index is 0.0496. The predicted molar refractivity (Wildman–Crippen MR) is 52.7 cm³/mol. The molecule has 2 N–H and O–H groups in total. The normalized spacial score (nSPS) is 29.1. The molecule has 3 heteroatoms. The molecule has 1 rings (SSSR count). The first-order chi connectivity index (χ1) is 6.27. The van der Waals surface area contributed by atoms with E-state index < -0.39 is 0 Å². The molecule has 0 amide bonds. The van der Waals surface area contributed by atoms with Crippen molar-refractivity contribution in [3.8, 4) is 0 Å². The van der Waals surface area contributed by atoms with Gasteiger partial charge in [-0.1, -0.05) is 0 Å². The molecule has 0 saturated carbocycles. The van der Waals surface area contributed by atoms with Crippen molar-refractivity contribution < 1.29 is 9.47 Å². The molecule has 1 aliphatic rings. The van der Waals surface area contributed by atoms with Gasteiger partial charge >= 0.3 is 0 Å². The SMILES string of the molecule is COCCCCC1(N)CCCOC1. The van der Waals surface area contributed by atoms with Gasteiger partial charge in [0.2, 0.25) is 0 Å². The summed E-state index contributed by atoms with van der Waals surface area (Å²) in [6.45, 7) is 2.47. The van der Waals surface area contributed by atoms with Crippen LogP contribution < -0.4 is 5.73 Å². The Hall–Kier alpha value is -0.120. The zero-order chi connectivity index (χ0) is 9.57. The molecule has 0 aliphatic carbocycles. The van der Waals surface area contributed by atoms with E-state index in [1.807, 2.05) is 0 Å². The summed E-state index contributed by atoms with van der Waals surface area (Å²) in [5.41, 5.74) is 6.13. The highest BCUT2D eigenvalue weighted by Gasteiger charge is 2.27. The standard InChI is InChI=1S/C10H21NO2/c1-12-7-3-2-5-10(11)6-4-8-13-9-10/h2-9,11H2,1H3. The fourth-order valence-corrected chi connectivity index (χ4v) is 1.79. The zero-order valence-corrected chi connectivity index (χ0v) is 8.55. The number of hydrogen-bond acceptors (Lipinski definition) is 3. The van der Waals surface area contributed by atoms with Gasteiger partial charge in [0.05, 0.1) is 6.61 Å². The largest absolute Gasteiger partial charge is 0.385 e. The fraction of sp³-hybridized carbons (Fsp3) is 1.00. The molecule has 0 aromatic heterocycles. The van der Waals surface area contributed by atoms with E-state index in [2.05, 4.69) is 0 Å². The molecule has 0 bridgehead atoms. The van der Waals surface area contributed by atoms with E-state index in [0.29, 0.717) is 0 Å². The van der Waals surface area contributed by atoms with Gasteiger partial charge < -0.3 is 15.2 Å². The fourth-order valence-electron chi connectivity index (χ4n) is 1.79. The number of rotatable bonds is 5. The highest BCUT2D eigenvalue weighted by Crippen LogP contribution is 2.21. The van der Waals surface area contributed by atoms with Gasteiger partial charge in [-0.05, 0) is 32.1 Å². The molecule has 1 unspecified atom stereocenters. The average molecular weight is 187 g/mol. The lowest BCUT2D eigenvalue weighted by atomic mass is 9.88. The summed E-state index contributed by atoms with van der Waals surface area (Å²) in [5, 5.41) is 0. The van der Waals surface area contributed by atoms with E-state index in [1.54, 1.807) is 7.11 Å². The molecule has 13 heavy (non-hydrogen) atoms. The van der Waals surface area contributed by atoms with Gasteiger partial charge in [-0.25, -0.2) is 0 Å². The smallest absolute Gasteiger partial charge is 0.0646 e. The van der Waals surface area contributed by atoms with E-state index in [-0.39, 0.29) is 5.54 Å². The lowest BCUT2D eigenvalue weighted by Gasteiger charge is -2.33. The van der Waals surface area contributed by atoms with E-state index in [4.69, 9.17) is 15.2 Å². The van der Waals surface area contributed by atoms with Crippen molar-refractivity contribution in [1.82, 2.24) is 0 Å². The maximum Gasteiger partial charge on any atom is 0.0646 e. The third-order valence-electron chi connectivity index (χ3n) is 2.63. The monoisotopic (exact) mass is 187 g/mol. The highest BCUT2D eigenvalue weighted by atomic mass is 16.5.